The third-order valence-electron chi connectivity index (χ3n) is 14.2. The Kier molecular flexibility index (Phi) is 7.32. The van der Waals surface area contributed by atoms with Crippen molar-refractivity contribution in [2.45, 2.75) is 72.4 Å². The molecule has 15 rings (SSSR count). The summed E-state index contributed by atoms with van der Waals surface area (Å²) in [5, 5.41) is 5.73. The minimum Gasteiger partial charge on any atom is -0.356 e. The molecule has 1 heteroatoms. The number of hydrogen-bond donors (Lipinski definition) is 0. The van der Waals surface area contributed by atoms with Crippen LogP contribution >= 0.6 is 0 Å². The van der Waals surface area contributed by atoms with E-state index < -0.39 is 0 Å². The van der Waals surface area contributed by atoms with Crippen molar-refractivity contribution in [3.8, 4) is 0 Å². The molecule has 8 aliphatic rings. The Hall–Kier alpha value is -7.10. The highest BCUT2D eigenvalue weighted by Gasteiger charge is 2.65. The summed E-state index contributed by atoms with van der Waals surface area (Å²) in [5.41, 5.74) is 6.24. The Morgan fingerprint density at radius 1 is 0.339 bits per heavy atom. The van der Waals surface area contributed by atoms with Crippen LogP contribution in [0.1, 0.15) is 84.1 Å². The van der Waals surface area contributed by atoms with E-state index in [1.54, 1.807) is 0 Å². The molecule has 6 aliphatic carbocycles. The third-order valence-corrected chi connectivity index (χ3v) is 14.2. The monoisotopic (exact) mass is 748 g/mol. The van der Waals surface area contributed by atoms with Crippen LogP contribution < -0.4 is 0 Å². The van der Waals surface area contributed by atoms with Crippen LogP contribution in [0.2, 0.25) is 0 Å². The van der Waals surface area contributed by atoms with Crippen molar-refractivity contribution in [2.75, 3.05) is 0 Å². The number of benzene rings is 3. The fraction of sp³-hybridized carbons (Fsp3) is 0.207. The maximum atomic E-state index is 6.19. The molecule has 7 aromatic rings. The van der Waals surface area contributed by atoms with Crippen LogP contribution in [0.3, 0.4) is 0 Å². The average molecular weight is 749 g/mol. The quantitative estimate of drug-likeness (QED) is 0.163. The molecule has 0 N–H and O–H groups in total. The van der Waals surface area contributed by atoms with Crippen molar-refractivity contribution < 1.29 is 4.74 Å². The molecule has 1 nitrogen and oxygen atoms in total. The van der Waals surface area contributed by atoms with Crippen molar-refractivity contribution in [3.63, 3.8) is 0 Å². The molecule has 0 radical (unpaired) electrons. The van der Waals surface area contributed by atoms with Gasteiger partial charge in [0.2, 0.25) is 0 Å². The van der Waals surface area contributed by atoms with Gasteiger partial charge in [0.1, 0.15) is 12.2 Å². The topological polar surface area (TPSA) is 9.23 Å². The maximum Gasteiger partial charge on any atom is 0.111 e. The summed E-state index contributed by atoms with van der Waals surface area (Å²) in [5.74, 6) is 0. The van der Waals surface area contributed by atoms with Crippen molar-refractivity contribution in [1.29, 1.82) is 0 Å². The van der Waals surface area contributed by atoms with Crippen LogP contribution in [0.25, 0.3) is 32.3 Å². The first kappa shape index (κ1) is 34.0. The summed E-state index contributed by atoms with van der Waals surface area (Å²) in [6, 6.07) is 67.1. The lowest BCUT2D eigenvalue weighted by atomic mass is 9.47. The predicted molar refractivity (Wildman–Crippen MR) is 231 cm³/mol. The van der Waals surface area contributed by atoms with E-state index >= 15 is 0 Å². The van der Waals surface area contributed by atoms with Crippen LogP contribution in [0, 0.1) is 72.8 Å². The van der Waals surface area contributed by atoms with E-state index in [4.69, 9.17) is 4.74 Å². The number of fused-ring (bicyclic) bond motifs is 5. The largest absolute Gasteiger partial charge is 0.356 e. The van der Waals surface area contributed by atoms with Gasteiger partial charge in [0.05, 0.1) is 0 Å². The fourth-order valence-electron chi connectivity index (χ4n) is 11.3. The van der Waals surface area contributed by atoms with Gasteiger partial charge >= 0.3 is 0 Å². The van der Waals surface area contributed by atoms with Crippen LogP contribution in [0.15, 0.2) is 134 Å². The lowest BCUT2D eigenvalue weighted by Crippen LogP contribution is -2.52. The van der Waals surface area contributed by atoms with Gasteiger partial charge in [-0.3, -0.25) is 0 Å². The highest BCUT2D eigenvalue weighted by atomic mass is 16.5. The average Bonchev–Trinajstić information content (AvgIpc) is 4.05. The second kappa shape index (κ2) is 12.7. The van der Waals surface area contributed by atoms with Crippen molar-refractivity contribution in [2.24, 2.45) is 0 Å². The Balaban J connectivity index is 1.04. The Morgan fingerprint density at radius 2 is 0.593 bits per heavy atom. The molecule has 7 aromatic carbocycles. The molecular weight excluding hydrogens is 713 g/mol. The predicted octanol–water partition coefficient (Wildman–Crippen LogP) is 12.1. The van der Waals surface area contributed by atoms with Gasteiger partial charge in [-0.25, -0.2) is 0 Å². The van der Waals surface area contributed by atoms with Gasteiger partial charge in [0, 0.05) is 87.4 Å². The lowest BCUT2D eigenvalue weighted by molar-refractivity contribution is 0.0878. The van der Waals surface area contributed by atoms with Gasteiger partial charge in [-0.2, -0.15) is 0 Å². The zero-order chi connectivity index (χ0) is 39.1. The van der Waals surface area contributed by atoms with Crippen molar-refractivity contribution >= 4 is 32.3 Å². The van der Waals surface area contributed by atoms with Gasteiger partial charge in [-0.1, -0.05) is 146 Å². The molecule has 0 amide bonds. The first-order valence-electron chi connectivity index (χ1n) is 20.8. The van der Waals surface area contributed by atoms with Gasteiger partial charge in [-0.05, 0) is 98.5 Å². The summed E-state index contributed by atoms with van der Waals surface area (Å²) < 4.78 is 6.19. The summed E-state index contributed by atoms with van der Waals surface area (Å²) in [6.07, 6.45) is 28.9. The Labute approximate surface area is 347 Å². The minimum atomic E-state index is -0.158. The molecule has 2 fully saturated rings. The first-order chi connectivity index (χ1) is 29.1. The van der Waals surface area contributed by atoms with E-state index in [1.165, 1.54) is 11.1 Å². The molecule has 2 aliphatic heterocycles. The molecule has 2 saturated carbocycles. The molecule has 8 bridgehead atoms. The molecule has 0 unspecified atom stereocenters. The SMILES string of the molecule is c1c2c(c#cc3ccc(c#cc4c(c#cc5ccc(c#cc6c(c#cc7ccc(c#1)cc7)[C@]17C=CC=C[C@]61CCC7)cc5)[C@]15C=CC=C[C@]41CCC5)cc3)[C@H]1C=C[C@@H]2O1. The number of rotatable bonds is 0. The summed E-state index contributed by atoms with van der Waals surface area (Å²) >= 11 is 0. The standard InChI is InChI=1S/C58H36O/c1-3-35-57-39-5-37-55(57,33-1)49-27-21-43-11-7-41(8-12-43)19-25-47-48(54-32-31-53(47)59-54)26-20-42-9-13-44(14-10-42)22-28-50-52(58-36-4-2-34-56(50,58)38-6-40-58)30-24-46-17-15-45(16-18-46)23-29-51(49)57/h1-4,7-18,31-36,53-54H,5-6,37-40H2/t53-,54+,55+,56-,57-,58+. The molecule has 6 atom stereocenters. The van der Waals surface area contributed by atoms with Gasteiger partial charge < -0.3 is 4.74 Å². The van der Waals surface area contributed by atoms with E-state index in [0.717, 1.165) is 93.1 Å². The molecule has 274 valence electrons. The van der Waals surface area contributed by atoms with Crippen molar-refractivity contribution in [1.82, 2.24) is 0 Å². The zero-order valence-electron chi connectivity index (χ0n) is 32.5. The molecule has 0 spiro atoms. The maximum absolute atomic E-state index is 6.19. The summed E-state index contributed by atoms with van der Waals surface area (Å²) in [7, 11) is 0. The zero-order valence-corrected chi connectivity index (χ0v) is 32.5. The normalized spacial score (nSPS) is 28.3. The van der Waals surface area contributed by atoms with E-state index in [2.05, 4.69) is 206 Å². The van der Waals surface area contributed by atoms with Gasteiger partial charge in [0.15, 0.2) is 0 Å². The van der Waals surface area contributed by atoms with Crippen molar-refractivity contribution in [3.05, 3.63) is 240 Å². The van der Waals surface area contributed by atoms with E-state index in [9.17, 15) is 0 Å². The van der Waals surface area contributed by atoms with E-state index in [1.807, 2.05) is 0 Å². The highest BCUT2D eigenvalue weighted by Crippen LogP contribution is 2.67. The first-order valence-corrected chi connectivity index (χ1v) is 20.8. The fourth-order valence-corrected chi connectivity index (χ4v) is 11.3. The molecule has 0 saturated heterocycles. The second-order valence-corrected chi connectivity index (χ2v) is 17.0. The van der Waals surface area contributed by atoms with Gasteiger partial charge in [-0.15, -0.1) is 0 Å². The minimum absolute atomic E-state index is 0.0726. The Bertz CT molecular complexity index is 2720. The van der Waals surface area contributed by atoms with Crippen LogP contribution in [-0.4, -0.2) is 0 Å². The van der Waals surface area contributed by atoms with Crippen LogP contribution in [0.4, 0.5) is 0 Å². The van der Waals surface area contributed by atoms with Crippen LogP contribution in [0.5, 0.6) is 0 Å². The molecule has 0 aromatic heterocycles. The second-order valence-electron chi connectivity index (χ2n) is 17.0. The molecule has 59 heavy (non-hydrogen) atoms. The third kappa shape index (κ3) is 4.88. The summed E-state index contributed by atoms with van der Waals surface area (Å²) in [6.45, 7) is 0. The number of ether oxygens (including phenoxy) is 1. The van der Waals surface area contributed by atoms with E-state index in [0.29, 0.717) is 0 Å². The molecule has 2 heterocycles. The highest BCUT2D eigenvalue weighted by molar-refractivity contribution is 5.67. The molecular formula is C58H36O. The summed E-state index contributed by atoms with van der Waals surface area (Å²) in [4.78, 5) is 0. The lowest BCUT2D eigenvalue weighted by Gasteiger charge is -2.53. The van der Waals surface area contributed by atoms with E-state index in [-0.39, 0.29) is 33.9 Å². The van der Waals surface area contributed by atoms with Crippen LogP contribution in [-0.2, 0) is 26.4 Å². The number of hydrogen-bond acceptors (Lipinski definition) is 1. The Morgan fingerprint density at radius 3 is 0.864 bits per heavy atom. The van der Waals surface area contributed by atoms with Gasteiger partial charge in [0.25, 0.3) is 0 Å². The smallest absolute Gasteiger partial charge is 0.111 e. The number of allylic oxidation sites excluding steroid dienone is 8.